The first-order valence-corrected chi connectivity index (χ1v) is 13.0. The number of rotatable bonds is 9. The number of hydrogen-bond donors (Lipinski definition) is 1. The Hall–Kier alpha value is -3.58. The van der Waals surface area contributed by atoms with Gasteiger partial charge < -0.3 is 4.74 Å². The average Bonchev–Trinajstić information content (AvgIpc) is 3.49. The Labute approximate surface area is 213 Å². The molecule has 4 heterocycles. The highest BCUT2D eigenvalue weighted by molar-refractivity contribution is 7.93. The number of sulfonamides is 1. The van der Waals surface area contributed by atoms with Gasteiger partial charge in [-0.25, -0.2) is 23.4 Å². The second-order valence-corrected chi connectivity index (χ2v) is 10.8. The fraction of sp³-hybridized carbons (Fsp3) is 0.364. The minimum Gasteiger partial charge on any atom is -0.481 e. The summed E-state index contributed by atoms with van der Waals surface area (Å²) in [6.07, 6.45) is 6.42. The number of nitrogens with zero attached hydrogens (tertiary/aromatic N) is 8. The van der Waals surface area contributed by atoms with Gasteiger partial charge in [-0.05, 0) is 19.9 Å². The quantitative estimate of drug-likeness (QED) is 0.344. The van der Waals surface area contributed by atoms with E-state index in [-0.39, 0.29) is 12.0 Å². The number of aryl methyl sites for hydroxylation is 1. The first kappa shape index (κ1) is 25.5. The van der Waals surface area contributed by atoms with Crippen molar-refractivity contribution in [2.45, 2.75) is 38.0 Å². The molecule has 0 radical (unpaired) electrons. The fourth-order valence-corrected chi connectivity index (χ4v) is 4.95. The van der Waals surface area contributed by atoms with Crippen LogP contribution in [-0.4, -0.2) is 60.3 Å². The van der Waals surface area contributed by atoms with Gasteiger partial charge in [0.15, 0.2) is 5.82 Å². The van der Waals surface area contributed by atoms with Crippen molar-refractivity contribution in [1.29, 1.82) is 0 Å². The summed E-state index contributed by atoms with van der Waals surface area (Å²) in [5.74, 6) is 0.644. The zero-order valence-corrected chi connectivity index (χ0v) is 21.9. The molecule has 0 aromatic carbocycles. The molecule has 12 nitrogen and oxygen atoms in total. The molecule has 3 unspecified atom stereocenters. The molecule has 0 spiro atoms. The lowest BCUT2D eigenvalue weighted by Crippen LogP contribution is -2.32. The molecule has 14 heteroatoms. The summed E-state index contributed by atoms with van der Waals surface area (Å²) in [6.45, 7) is 5.22. The molecule has 1 N–H and O–H groups in total. The van der Waals surface area contributed by atoms with Crippen LogP contribution in [0.3, 0.4) is 0 Å². The number of aromatic nitrogens is 8. The van der Waals surface area contributed by atoms with E-state index in [1.54, 1.807) is 54.5 Å². The first-order chi connectivity index (χ1) is 17.1. The van der Waals surface area contributed by atoms with Crippen molar-refractivity contribution in [3.05, 3.63) is 59.4 Å². The summed E-state index contributed by atoms with van der Waals surface area (Å²) >= 11 is 5.87. The van der Waals surface area contributed by atoms with Crippen LogP contribution in [0.15, 0.2) is 43.0 Å². The van der Waals surface area contributed by atoms with Crippen LogP contribution in [0.5, 0.6) is 5.88 Å². The number of methoxy groups -OCH3 is 1. The zero-order valence-electron chi connectivity index (χ0n) is 20.4. The Morgan fingerprint density at radius 2 is 1.81 bits per heavy atom. The van der Waals surface area contributed by atoms with Crippen molar-refractivity contribution in [2.75, 3.05) is 11.8 Å². The number of halogens is 1. The monoisotopic (exact) mass is 531 g/mol. The number of ether oxygens (including phenoxy) is 1. The molecule has 0 amide bonds. The molecule has 4 aromatic heterocycles. The highest BCUT2D eigenvalue weighted by atomic mass is 35.5. The highest BCUT2D eigenvalue weighted by Gasteiger charge is 2.32. The van der Waals surface area contributed by atoms with Crippen LogP contribution in [0.2, 0.25) is 5.02 Å². The van der Waals surface area contributed by atoms with Gasteiger partial charge in [-0.3, -0.25) is 14.0 Å². The van der Waals surface area contributed by atoms with Gasteiger partial charge in [0.05, 0.1) is 29.6 Å². The molecular weight excluding hydrogens is 506 g/mol. The third-order valence-electron chi connectivity index (χ3n) is 5.93. The van der Waals surface area contributed by atoms with Crippen LogP contribution in [-0.2, 0) is 17.1 Å². The van der Waals surface area contributed by atoms with E-state index in [4.69, 9.17) is 16.3 Å². The smallest absolute Gasteiger partial charge is 0.239 e. The van der Waals surface area contributed by atoms with E-state index in [0.717, 1.165) is 5.56 Å². The van der Waals surface area contributed by atoms with Crippen molar-refractivity contribution >= 4 is 27.6 Å². The van der Waals surface area contributed by atoms with Crippen molar-refractivity contribution in [3.63, 3.8) is 0 Å². The third-order valence-corrected chi connectivity index (χ3v) is 7.98. The second kappa shape index (κ2) is 10.2. The van der Waals surface area contributed by atoms with Crippen LogP contribution in [0.25, 0.3) is 11.5 Å². The van der Waals surface area contributed by atoms with E-state index in [1.165, 1.54) is 19.5 Å². The van der Waals surface area contributed by atoms with Crippen molar-refractivity contribution in [3.8, 4) is 17.4 Å². The maximum atomic E-state index is 13.4. The Morgan fingerprint density at radius 1 is 1.08 bits per heavy atom. The molecule has 0 saturated heterocycles. The van der Waals surface area contributed by atoms with Crippen molar-refractivity contribution < 1.29 is 13.2 Å². The van der Waals surface area contributed by atoms with Gasteiger partial charge in [-0.15, -0.1) is 10.2 Å². The average molecular weight is 532 g/mol. The van der Waals surface area contributed by atoms with Crippen LogP contribution >= 0.6 is 11.6 Å². The lowest BCUT2D eigenvalue weighted by atomic mass is 10.1. The van der Waals surface area contributed by atoms with Crippen molar-refractivity contribution in [1.82, 2.24) is 39.5 Å². The standard InChI is InChI=1S/C22H26ClN9O3S/c1-13(20-24-10-17(23)11-25-20)15(3)36(33,34)30-22-29-28-21(18-7-6-8-19(27-18)35-5)32(22)14(2)16-9-26-31(4)12-16/h6-15H,1-5H3,(H,29,30). The molecular formula is C22H26ClN9O3S. The molecule has 0 saturated carbocycles. The third kappa shape index (κ3) is 5.16. The Bertz CT molecular complexity index is 1450. The summed E-state index contributed by atoms with van der Waals surface area (Å²) in [4.78, 5) is 12.8. The van der Waals surface area contributed by atoms with Gasteiger partial charge in [0.1, 0.15) is 11.5 Å². The number of pyridine rings is 1. The minimum atomic E-state index is -3.94. The van der Waals surface area contributed by atoms with E-state index in [1.807, 2.05) is 13.1 Å². The molecule has 4 aromatic rings. The summed E-state index contributed by atoms with van der Waals surface area (Å²) in [5.41, 5.74) is 1.30. The van der Waals surface area contributed by atoms with Gasteiger partial charge in [-0.1, -0.05) is 24.6 Å². The maximum absolute atomic E-state index is 13.4. The lowest BCUT2D eigenvalue weighted by molar-refractivity contribution is 0.398. The summed E-state index contributed by atoms with van der Waals surface area (Å²) in [6, 6.07) is 4.86. The van der Waals surface area contributed by atoms with E-state index in [0.29, 0.717) is 28.2 Å². The SMILES string of the molecule is COc1cccc(-c2nnc(NS(=O)(=O)C(C)C(C)c3ncc(Cl)cn3)n2C(C)c2cnn(C)c2)n1. The van der Waals surface area contributed by atoms with Crippen LogP contribution in [0, 0.1) is 0 Å². The van der Waals surface area contributed by atoms with E-state index in [9.17, 15) is 8.42 Å². The van der Waals surface area contributed by atoms with Crippen LogP contribution < -0.4 is 9.46 Å². The van der Waals surface area contributed by atoms with E-state index < -0.39 is 21.2 Å². The van der Waals surface area contributed by atoms with Crippen LogP contribution in [0.1, 0.15) is 44.1 Å². The Balaban J connectivity index is 1.73. The largest absolute Gasteiger partial charge is 0.481 e. The van der Waals surface area contributed by atoms with E-state index in [2.05, 4.69) is 35.0 Å². The molecule has 0 aliphatic heterocycles. The normalized spacial score (nSPS) is 14.3. The molecule has 0 bridgehead atoms. The second-order valence-electron chi connectivity index (χ2n) is 8.31. The number of hydrogen-bond acceptors (Lipinski definition) is 9. The highest BCUT2D eigenvalue weighted by Crippen LogP contribution is 2.30. The molecule has 190 valence electrons. The van der Waals surface area contributed by atoms with Gasteiger partial charge in [0.2, 0.25) is 21.9 Å². The van der Waals surface area contributed by atoms with Crippen molar-refractivity contribution in [2.24, 2.45) is 7.05 Å². The molecule has 36 heavy (non-hydrogen) atoms. The number of anilines is 1. The topological polar surface area (TPSA) is 143 Å². The summed E-state index contributed by atoms with van der Waals surface area (Å²) in [5, 5.41) is 12.2. The first-order valence-electron chi connectivity index (χ1n) is 11.0. The predicted molar refractivity (Wildman–Crippen MR) is 134 cm³/mol. The summed E-state index contributed by atoms with van der Waals surface area (Å²) in [7, 11) is -0.618. The van der Waals surface area contributed by atoms with Gasteiger partial charge in [-0.2, -0.15) is 5.10 Å². The predicted octanol–water partition coefficient (Wildman–Crippen LogP) is 3.07. The molecule has 4 rings (SSSR count). The number of nitrogens with one attached hydrogen (secondary N) is 1. The van der Waals surface area contributed by atoms with Crippen LogP contribution in [0.4, 0.5) is 5.95 Å². The molecule has 0 aliphatic carbocycles. The fourth-order valence-electron chi connectivity index (χ4n) is 3.62. The maximum Gasteiger partial charge on any atom is 0.239 e. The Kier molecular flexibility index (Phi) is 7.22. The summed E-state index contributed by atoms with van der Waals surface area (Å²) < 4.78 is 38.0. The molecule has 0 fully saturated rings. The van der Waals surface area contributed by atoms with E-state index >= 15 is 0 Å². The minimum absolute atomic E-state index is 0.0436. The van der Waals surface area contributed by atoms with Gasteiger partial charge in [0, 0.05) is 43.2 Å². The van der Waals surface area contributed by atoms with Gasteiger partial charge >= 0.3 is 0 Å². The lowest BCUT2D eigenvalue weighted by Gasteiger charge is -2.22. The molecule has 3 atom stereocenters. The zero-order chi connectivity index (χ0) is 26.0. The Morgan fingerprint density at radius 3 is 2.44 bits per heavy atom. The van der Waals surface area contributed by atoms with Gasteiger partial charge in [0.25, 0.3) is 0 Å². The molecule has 0 aliphatic rings.